The van der Waals surface area contributed by atoms with E-state index in [1.807, 2.05) is 0 Å². The third-order valence-electron chi connectivity index (χ3n) is 2.66. The number of anilines is 1. The van der Waals surface area contributed by atoms with Crippen molar-refractivity contribution < 1.29 is 5.11 Å². The van der Waals surface area contributed by atoms with Crippen LogP contribution >= 0.6 is 15.9 Å². The lowest BCUT2D eigenvalue weighted by molar-refractivity contribution is 0.474. The predicted octanol–water partition coefficient (Wildman–Crippen LogP) is 1.56. The number of imidazole rings is 1. The number of aromatic nitrogens is 4. The van der Waals surface area contributed by atoms with Crippen molar-refractivity contribution in [3.05, 3.63) is 44.9 Å². The minimum Gasteiger partial charge on any atom is -0.507 e. The van der Waals surface area contributed by atoms with Crippen molar-refractivity contribution in [2.24, 2.45) is 5.10 Å². The third-order valence-corrected chi connectivity index (χ3v) is 3.15. The van der Waals surface area contributed by atoms with E-state index in [1.165, 1.54) is 12.5 Å². The van der Waals surface area contributed by atoms with E-state index < -0.39 is 0 Å². The second kappa shape index (κ2) is 5.37. The highest BCUT2D eigenvalue weighted by molar-refractivity contribution is 9.10. The molecule has 0 aliphatic heterocycles. The maximum Gasteiger partial charge on any atom is 0.276 e. The Morgan fingerprint density at radius 1 is 1.43 bits per heavy atom. The van der Waals surface area contributed by atoms with E-state index in [4.69, 9.17) is 0 Å². The molecule has 3 rings (SSSR count). The van der Waals surface area contributed by atoms with E-state index >= 15 is 0 Å². The Hall–Kier alpha value is -2.68. The first-order valence-corrected chi connectivity index (χ1v) is 6.64. The van der Waals surface area contributed by atoms with Gasteiger partial charge in [0.1, 0.15) is 5.75 Å². The average molecular weight is 349 g/mol. The van der Waals surface area contributed by atoms with Gasteiger partial charge in [-0.15, -0.1) is 0 Å². The number of benzene rings is 1. The van der Waals surface area contributed by atoms with Gasteiger partial charge in [0.25, 0.3) is 5.56 Å². The zero-order valence-corrected chi connectivity index (χ0v) is 12.0. The first-order valence-electron chi connectivity index (χ1n) is 5.84. The number of phenols is 1. The summed E-state index contributed by atoms with van der Waals surface area (Å²) in [5, 5.41) is 13.7. The van der Waals surface area contributed by atoms with Crippen LogP contribution in [0.3, 0.4) is 0 Å². The molecule has 0 saturated heterocycles. The standard InChI is InChI=1S/C12H9BrN6O2/c13-7-2-1-6(8(20)3-7)4-16-19-12-17-9-10(18-12)14-5-15-11(9)21/h1-5,20H,(H3,14,15,17,18,19,21)/b16-4+. The Balaban J connectivity index is 1.81. The molecule has 2 heterocycles. The van der Waals surface area contributed by atoms with Crippen molar-refractivity contribution in [2.75, 3.05) is 5.43 Å². The number of phenolic OH excluding ortho intramolecular Hbond substituents is 1. The summed E-state index contributed by atoms with van der Waals surface area (Å²) in [5.41, 5.74) is 3.43. The number of hydrazone groups is 1. The van der Waals surface area contributed by atoms with Crippen molar-refractivity contribution in [3.63, 3.8) is 0 Å². The average Bonchev–Trinajstić information content (AvgIpc) is 2.86. The molecule has 0 unspecified atom stereocenters. The van der Waals surface area contributed by atoms with Crippen molar-refractivity contribution in [1.29, 1.82) is 0 Å². The van der Waals surface area contributed by atoms with Crippen LogP contribution in [0, 0.1) is 0 Å². The van der Waals surface area contributed by atoms with Crippen LogP contribution in [-0.4, -0.2) is 31.3 Å². The minimum absolute atomic E-state index is 0.0950. The molecule has 1 aromatic carbocycles. The number of rotatable bonds is 3. The predicted molar refractivity (Wildman–Crippen MR) is 81.5 cm³/mol. The van der Waals surface area contributed by atoms with Crippen LogP contribution in [0.15, 0.2) is 38.9 Å². The van der Waals surface area contributed by atoms with E-state index in [0.29, 0.717) is 11.2 Å². The Morgan fingerprint density at radius 3 is 3.05 bits per heavy atom. The van der Waals surface area contributed by atoms with Gasteiger partial charge in [0, 0.05) is 10.0 Å². The molecule has 0 saturated carbocycles. The SMILES string of the molecule is O=c1[nH]cnc2nc(N/N=C/c3ccc(Br)cc3O)[nH]c12. The third kappa shape index (κ3) is 2.77. The van der Waals surface area contributed by atoms with Gasteiger partial charge in [-0.05, 0) is 18.2 Å². The van der Waals surface area contributed by atoms with Crippen molar-refractivity contribution in [1.82, 2.24) is 19.9 Å². The zero-order chi connectivity index (χ0) is 14.8. The summed E-state index contributed by atoms with van der Waals surface area (Å²) in [6.45, 7) is 0. The lowest BCUT2D eigenvalue weighted by Crippen LogP contribution is -2.05. The second-order valence-electron chi connectivity index (χ2n) is 4.09. The molecule has 0 amide bonds. The molecule has 8 nitrogen and oxygen atoms in total. The molecule has 3 aromatic rings. The van der Waals surface area contributed by atoms with Gasteiger partial charge in [-0.1, -0.05) is 15.9 Å². The van der Waals surface area contributed by atoms with E-state index in [0.717, 1.165) is 4.47 Å². The van der Waals surface area contributed by atoms with Crippen LogP contribution in [0.2, 0.25) is 0 Å². The Kier molecular flexibility index (Phi) is 3.40. The molecule has 0 atom stereocenters. The summed E-state index contributed by atoms with van der Waals surface area (Å²) in [7, 11) is 0. The number of fused-ring (bicyclic) bond motifs is 1. The van der Waals surface area contributed by atoms with Gasteiger partial charge < -0.3 is 15.1 Å². The normalized spacial score (nSPS) is 11.3. The van der Waals surface area contributed by atoms with Gasteiger partial charge in [0.2, 0.25) is 5.95 Å². The van der Waals surface area contributed by atoms with Gasteiger partial charge in [-0.2, -0.15) is 10.1 Å². The van der Waals surface area contributed by atoms with Crippen LogP contribution in [0.25, 0.3) is 11.2 Å². The van der Waals surface area contributed by atoms with E-state index in [2.05, 4.69) is 46.4 Å². The molecule has 21 heavy (non-hydrogen) atoms. The molecular weight excluding hydrogens is 340 g/mol. The summed E-state index contributed by atoms with van der Waals surface area (Å²) in [6, 6.07) is 5.05. The number of nitrogens with zero attached hydrogens (tertiary/aromatic N) is 3. The maximum absolute atomic E-state index is 11.5. The van der Waals surface area contributed by atoms with Crippen LogP contribution in [0.5, 0.6) is 5.75 Å². The van der Waals surface area contributed by atoms with E-state index in [1.54, 1.807) is 18.2 Å². The largest absolute Gasteiger partial charge is 0.507 e. The fourth-order valence-corrected chi connectivity index (χ4v) is 2.03. The molecule has 4 N–H and O–H groups in total. The van der Waals surface area contributed by atoms with Crippen LogP contribution in [0.4, 0.5) is 5.95 Å². The fraction of sp³-hybridized carbons (Fsp3) is 0. The van der Waals surface area contributed by atoms with Crippen molar-refractivity contribution in [3.8, 4) is 5.75 Å². The lowest BCUT2D eigenvalue weighted by Gasteiger charge is -1.99. The summed E-state index contributed by atoms with van der Waals surface area (Å²) >= 11 is 3.25. The molecule has 0 radical (unpaired) electrons. The van der Waals surface area contributed by atoms with Gasteiger partial charge in [0.05, 0.1) is 12.5 Å². The maximum atomic E-state index is 11.5. The smallest absolute Gasteiger partial charge is 0.276 e. The lowest BCUT2D eigenvalue weighted by atomic mass is 10.2. The van der Waals surface area contributed by atoms with Gasteiger partial charge in [-0.3, -0.25) is 4.79 Å². The van der Waals surface area contributed by atoms with Gasteiger partial charge in [0.15, 0.2) is 11.2 Å². The van der Waals surface area contributed by atoms with Crippen LogP contribution in [-0.2, 0) is 0 Å². The first kappa shape index (κ1) is 13.3. The van der Waals surface area contributed by atoms with Crippen molar-refractivity contribution in [2.45, 2.75) is 0 Å². The number of aromatic hydroxyl groups is 1. The van der Waals surface area contributed by atoms with E-state index in [-0.39, 0.29) is 22.8 Å². The number of hydrogen-bond acceptors (Lipinski definition) is 6. The highest BCUT2D eigenvalue weighted by Gasteiger charge is 2.05. The number of hydrogen-bond donors (Lipinski definition) is 4. The Bertz CT molecular complexity index is 885. The minimum atomic E-state index is -0.310. The molecule has 0 fully saturated rings. The van der Waals surface area contributed by atoms with Crippen molar-refractivity contribution >= 4 is 39.3 Å². The second-order valence-corrected chi connectivity index (χ2v) is 5.00. The van der Waals surface area contributed by atoms with Crippen LogP contribution in [0.1, 0.15) is 5.56 Å². The van der Waals surface area contributed by atoms with E-state index in [9.17, 15) is 9.90 Å². The van der Waals surface area contributed by atoms with Gasteiger partial charge >= 0.3 is 0 Å². The zero-order valence-electron chi connectivity index (χ0n) is 10.5. The topological polar surface area (TPSA) is 119 Å². The molecule has 0 aliphatic carbocycles. The molecular formula is C12H9BrN6O2. The Labute approximate surface area is 126 Å². The summed E-state index contributed by atoms with van der Waals surface area (Å²) in [5.74, 6) is 0.375. The summed E-state index contributed by atoms with van der Waals surface area (Å²) in [4.78, 5) is 24.7. The monoisotopic (exact) mass is 348 g/mol. The molecule has 0 bridgehead atoms. The molecule has 2 aromatic heterocycles. The quantitative estimate of drug-likeness (QED) is 0.423. The number of halogens is 1. The molecule has 0 aliphatic rings. The highest BCUT2D eigenvalue weighted by Crippen LogP contribution is 2.20. The number of H-pyrrole nitrogens is 2. The first-order chi connectivity index (χ1) is 10.1. The molecule has 106 valence electrons. The number of nitrogens with one attached hydrogen (secondary N) is 3. The summed E-state index contributed by atoms with van der Waals surface area (Å²) < 4.78 is 0.771. The summed E-state index contributed by atoms with van der Waals surface area (Å²) in [6.07, 6.45) is 2.71. The number of aromatic amines is 2. The molecule has 0 spiro atoms. The van der Waals surface area contributed by atoms with Gasteiger partial charge in [-0.25, -0.2) is 10.4 Å². The van der Waals surface area contributed by atoms with Crippen LogP contribution < -0.4 is 11.0 Å². The highest BCUT2D eigenvalue weighted by atomic mass is 79.9. The Morgan fingerprint density at radius 2 is 2.29 bits per heavy atom. The molecule has 9 heteroatoms. The fourth-order valence-electron chi connectivity index (χ4n) is 1.68.